The molecular weight excluding hydrogens is 683 g/mol. The summed E-state index contributed by atoms with van der Waals surface area (Å²) < 4.78 is 6.67. The fraction of sp³-hybridized carbons (Fsp3) is 0. The molecule has 2 aromatic heterocycles. The van der Waals surface area contributed by atoms with E-state index in [1.54, 1.807) is 0 Å². The van der Waals surface area contributed by atoms with Crippen LogP contribution in [0, 0.1) is 0 Å². The molecule has 0 bridgehead atoms. The van der Waals surface area contributed by atoms with Crippen LogP contribution in [-0.4, -0.2) is 9.97 Å². The van der Waals surface area contributed by atoms with Crippen molar-refractivity contribution in [2.24, 2.45) is 0 Å². The number of fused-ring (bicyclic) bond motifs is 7. The molecule has 11 aromatic rings. The van der Waals surface area contributed by atoms with Gasteiger partial charge in [0.1, 0.15) is 11.2 Å². The molecule has 11 rings (SSSR count). The summed E-state index contributed by atoms with van der Waals surface area (Å²) in [7, 11) is 0. The molecule has 0 spiro atoms. The Morgan fingerprint density at radius 2 is 1.05 bits per heavy atom. The fourth-order valence-electron chi connectivity index (χ4n) is 8.24. The van der Waals surface area contributed by atoms with Gasteiger partial charge in [-0.2, -0.15) is 0 Å². The van der Waals surface area contributed by atoms with Crippen molar-refractivity contribution in [1.29, 1.82) is 0 Å². The zero-order valence-electron chi connectivity index (χ0n) is 30.3. The highest BCUT2D eigenvalue weighted by Crippen LogP contribution is 2.45. The van der Waals surface area contributed by atoms with Crippen LogP contribution in [0.1, 0.15) is 0 Å². The number of furan rings is 1. The van der Waals surface area contributed by atoms with E-state index in [9.17, 15) is 0 Å². The second-order valence-corrected chi connectivity index (χ2v) is 14.2. The molecule has 4 nitrogen and oxygen atoms in total. The average Bonchev–Trinajstić information content (AvgIpc) is 3.65. The molecular formula is C52H33N3O. The predicted molar refractivity (Wildman–Crippen MR) is 233 cm³/mol. The van der Waals surface area contributed by atoms with Gasteiger partial charge < -0.3 is 9.32 Å². The Morgan fingerprint density at radius 3 is 1.93 bits per heavy atom. The Labute approximate surface area is 323 Å². The van der Waals surface area contributed by atoms with Gasteiger partial charge in [-0.25, -0.2) is 9.97 Å². The van der Waals surface area contributed by atoms with E-state index in [1.807, 2.05) is 24.3 Å². The lowest BCUT2D eigenvalue weighted by Gasteiger charge is -2.26. The molecule has 0 saturated heterocycles. The van der Waals surface area contributed by atoms with E-state index in [0.29, 0.717) is 5.82 Å². The van der Waals surface area contributed by atoms with E-state index in [4.69, 9.17) is 14.4 Å². The molecule has 262 valence electrons. The number of nitrogens with zero attached hydrogens (tertiary/aromatic N) is 3. The Hall–Kier alpha value is -7.56. The number of para-hydroxylation sites is 3. The highest BCUT2D eigenvalue weighted by atomic mass is 16.3. The minimum absolute atomic E-state index is 0.672. The summed E-state index contributed by atoms with van der Waals surface area (Å²) in [5.41, 5.74) is 10.9. The van der Waals surface area contributed by atoms with Gasteiger partial charge in [-0.1, -0.05) is 146 Å². The van der Waals surface area contributed by atoms with Gasteiger partial charge in [0.05, 0.1) is 11.2 Å². The molecule has 0 saturated carbocycles. The van der Waals surface area contributed by atoms with Crippen molar-refractivity contribution in [2.45, 2.75) is 0 Å². The summed E-state index contributed by atoms with van der Waals surface area (Å²) in [5.74, 6) is 0.672. The average molecular weight is 716 g/mol. The van der Waals surface area contributed by atoms with Crippen molar-refractivity contribution in [1.82, 2.24) is 9.97 Å². The van der Waals surface area contributed by atoms with E-state index < -0.39 is 0 Å². The molecule has 56 heavy (non-hydrogen) atoms. The van der Waals surface area contributed by atoms with E-state index in [-0.39, 0.29) is 0 Å². The molecule has 2 heterocycles. The van der Waals surface area contributed by atoms with Crippen LogP contribution >= 0.6 is 0 Å². The van der Waals surface area contributed by atoms with Gasteiger partial charge in [0.15, 0.2) is 5.82 Å². The summed E-state index contributed by atoms with van der Waals surface area (Å²) in [4.78, 5) is 13.0. The zero-order chi connectivity index (χ0) is 37.0. The Balaban J connectivity index is 1.18. The van der Waals surface area contributed by atoms with Crippen molar-refractivity contribution in [3.05, 3.63) is 200 Å². The Kier molecular flexibility index (Phi) is 7.46. The molecule has 0 amide bonds. The summed E-state index contributed by atoms with van der Waals surface area (Å²) in [6, 6.07) is 70.3. The highest BCUT2D eigenvalue weighted by molar-refractivity contribution is 6.22. The highest BCUT2D eigenvalue weighted by Gasteiger charge is 2.22. The SMILES string of the molecule is c1ccc(-c2nc(-c3cc4c5ccccc5oc4c4cccc(-c5cccc(N(c6ccccc6)c6ccc7ccccc7c6)c5)c34)nc3ccccc23)cc1. The minimum atomic E-state index is 0.672. The second kappa shape index (κ2) is 13.1. The molecule has 9 aromatic carbocycles. The van der Waals surface area contributed by atoms with Gasteiger partial charge in [0.25, 0.3) is 0 Å². The number of hydrogen-bond donors (Lipinski definition) is 0. The molecule has 0 aliphatic carbocycles. The van der Waals surface area contributed by atoms with E-state index in [1.165, 1.54) is 10.8 Å². The van der Waals surface area contributed by atoms with Crippen LogP contribution < -0.4 is 4.90 Å². The first-order chi connectivity index (χ1) is 27.8. The third-order valence-corrected chi connectivity index (χ3v) is 10.8. The van der Waals surface area contributed by atoms with Crippen molar-refractivity contribution < 1.29 is 4.42 Å². The van der Waals surface area contributed by atoms with Crippen LogP contribution in [0.2, 0.25) is 0 Å². The van der Waals surface area contributed by atoms with Crippen LogP contribution in [0.3, 0.4) is 0 Å². The van der Waals surface area contributed by atoms with E-state index >= 15 is 0 Å². The number of hydrogen-bond acceptors (Lipinski definition) is 4. The standard InChI is InChI=1S/C52H33N3O/c1-3-16-35(17-4-1)50-43-24-9-11-27-47(43)53-52(54-50)46-33-45-42-23-10-12-28-48(42)56-51(45)44-26-14-25-41(49(44)46)37-19-13-22-39(32-37)55(38-20-5-2-6-21-38)40-30-29-34-15-7-8-18-36(34)31-40/h1-33H. The van der Waals surface area contributed by atoms with Gasteiger partial charge >= 0.3 is 0 Å². The third kappa shape index (κ3) is 5.31. The van der Waals surface area contributed by atoms with Crippen molar-refractivity contribution in [3.8, 4) is 33.8 Å². The largest absolute Gasteiger partial charge is 0.455 e. The molecule has 0 N–H and O–H groups in total. The normalized spacial score (nSPS) is 11.6. The predicted octanol–water partition coefficient (Wildman–Crippen LogP) is 14.3. The van der Waals surface area contributed by atoms with Gasteiger partial charge in [0.2, 0.25) is 0 Å². The summed E-state index contributed by atoms with van der Waals surface area (Å²) in [6.45, 7) is 0. The van der Waals surface area contributed by atoms with Gasteiger partial charge in [-0.3, -0.25) is 0 Å². The van der Waals surface area contributed by atoms with Gasteiger partial charge in [-0.15, -0.1) is 0 Å². The lowest BCUT2D eigenvalue weighted by molar-refractivity contribution is 0.672. The van der Waals surface area contributed by atoms with E-state index in [2.05, 4.69) is 181 Å². The van der Waals surface area contributed by atoms with Gasteiger partial charge in [-0.05, 0) is 76.5 Å². The van der Waals surface area contributed by atoms with Crippen LogP contribution in [0.5, 0.6) is 0 Å². The van der Waals surface area contributed by atoms with Crippen LogP contribution in [0.25, 0.3) is 88.2 Å². The quantitative estimate of drug-likeness (QED) is 0.172. The summed E-state index contributed by atoms with van der Waals surface area (Å²) in [5, 5.41) is 7.59. The molecule has 0 fully saturated rings. The molecule has 0 unspecified atom stereocenters. The van der Waals surface area contributed by atoms with Crippen molar-refractivity contribution >= 4 is 71.4 Å². The molecule has 0 aliphatic heterocycles. The first-order valence-electron chi connectivity index (χ1n) is 18.9. The molecule has 0 atom stereocenters. The minimum Gasteiger partial charge on any atom is -0.455 e. The number of anilines is 3. The maximum atomic E-state index is 6.67. The smallest absolute Gasteiger partial charge is 0.161 e. The summed E-state index contributed by atoms with van der Waals surface area (Å²) >= 11 is 0. The lowest BCUT2D eigenvalue weighted by Crippen LogP contribution is -2.09. The Morgan fingerprint density at radius 1 is 0.393 bits per heavy atom. The number of aromatic nitrogens is 2. The van der Waals surface area contributed by atoms with Crippen LogP contribution in [0.15, 0.2) is 205 Å². The van der Waals surface area contributed by atoms with Crippen molar-refractivity contribution in [3.63, 3.8) is 0 Å². The maximum absolute atomic E-state index is 6.67. The molecule has 4 heteroatoms. The lowest BCUT2D eigenvalue weighted by atomic mass is 9.91. The fourth-order valence-corrected chi connectivity index (χ4v) is 8.24. The summed E-state index contributed by atoms with van der Waals surface area (Å²) in [6.07, 6.45) is 0. The Bertz CT molecular complexity index is 3260. The first-order valence-corrected chi connectivity index (χ1v) is 18.9. The van der Waals surface area contributed by atoms with Crippen LogP contribution in [0.4, 0.5) is 17.1 Å². The second-order valence-electron chi connectivity index (χ2n) is 14.2. The topological polar surface area (TPSA) is 42.2 Å². The van der Waals surface area contributed by atoms with Crippen molar-refractivity contribution in [2.75, 3.05) is 4.90 Å². The zero-order valence-corrected chi connectivity index (χ0v) is 30.3. The monoisotopic (exact) mass is 715 g/mol. The van der Waals surface area contributed by atoms with Gasteiger partial charge in [0, 0.05) is 55.1 Å². The molecule has 0 aliphatic rings. The third-order valence-electron chi connectivity index (χ3n) is 10.8. The number of benzene rings is 9. The maximum Gasteiger partial charge on any atom is 0.161 e. The van der Waals surface area contributed by atoms with Crippen LogP contribution in [-0.2, 0) is 0 Å². The van der Waals surface area contributed by atoms with E-state index in [0.717, 1.165) is 88.6 Å². The number of rotatable bonds is 6. The first kappa shape index (κ1) is 31.9. The molecule has 0 radical (unpaired) electrons.